The highest BCUT2D eigenvalue weighted by Gasteiger charge is 2.24. The van der Waals surface area contributed by atoms with Crippen molar-refractivity contribution in [2.75, 3.05) is 6.61 Å². The Balaban J connectivity index is 1.69. The monoisotopic (exact) mass is 275 g/mol. The highest BCUT2D eigenvalue weighted by Crippen LogP contribution is 2.32. The van der Waals surface area contributed by atoms with E-state index in [4.69, 9.17) is 10.5 Å². The molecule has 0 aliphatic heterocycles. The van der Waals surface area contributed by atoms with E-state index in [1.165, 1.54) is 37.7 Å². The van der Waals surface area contributed by atoms with E-state index in [9.17, 15) is 0 Å². The van der Waals surface area contributed by atoms with Crippen LogP contribution in [0.25, 0.3) is 0 Å². The first-order valence-electron chi connectivity index (χ1n) is 8.14. The van der Waals surface area contributed by atoms with Crippen molar-refractivity contribution in [1.82, 2.24) is 0 Å². The molecular weight excluding hydrogens is 246 g/mol. The largest absolute Gasteiger partial charge is 0.494 e. The summed E-state index contributed by atoms with van der Waals surface area (Å²) in [6.45, 7) is 5.13. The first-order valence-corrected chi connectivity index (χ1v) is 8.14. The molecular formula is C18H29NO. The molecule has 2 heteroatoms. The lowest BCUT2D eigenvalue weighted by Crippen LogP contribution is -2.34. The van der Waals surface area contributed by atoms with Crippen LogP contribution >= 0.6 is 0 Å². The minimum absolute atomic E-state index is 0.303. The van der Waals surface area contributed by atoms with E-state index >= 15 is 0 Å². The summed E-state index contributed by atoms with van der Waals surface area (Å²) >= 11 is 0. The quantitative estimate of drug-likeness (QED) is 0.839. The van der Waals surface area contributed by atoms with Gasteiger partial charge in [-0.25, -0.2) is 0 Å². The van der Waals surface area contributed by atoms with Gasteiger partial charge in [-0.3, -0.25) is 0 Å². The van der Waals surface area contributed by atoms with Gasteiger partial charge in [-0.05, 0) is 55.7 Å². The number of hydrogen-bond acceptors (Lipinski definition) is 2. The Morgan fingerprint density at radius 1 is 1.25 bits per heavy atom. The summed E-state index contributed by atoms with van der Waals surface area (Å²) in [7, 11) is 0. The molecule has 1 saturated carbocycles. The molecule has 0 amide bonds. The summed E-state index contributed by atoms with van der Waals surface area (Å²) in [6, 6.07) is 8.53. The maximum Gasteiger partial charge on any atom is 0.119 e. The summed E-state index contributed by atoms with van der Waals surface area (Å²) in [4.78, 5) is 0. The normalized spacial score (nSPS) is 24.4. The van der Waals surface area contributed by atoms with Crippen molar-refractivity contribution < 1.29 is 4.74 Å². The average molecular weight is 275 g/mol. The molecule has 2 nitrogen and oxygen atoms in total. The Bertz CT molecular complexity index is 396. The molecule has 1 aliphatic carbocycles. The van der Waals surface area contributed by atoms with Gasteiger partial charge in [0.2, 0.25) is 0 Å². The molecule has 1 aromatic rings. The van der Waals surface area contributed by atoms with E-state index in [2.05, 4.69) is 26.0 Å². The van der Waals surface area contributed by atoms with Crippen LogP contribution in [0.5, 0.6) is 5.75 Å². The smallest absolute Gasteiger partial charge is 0.119 e. The van der Waals surface area contributed by atoms with Crippen LogP contribution in [0.2, 0.25) is 0 Å². The second-order valence-electron chi connectivity index (χ2n) is 6.31. The van der Waals surface area contributed by atoms with E-state index in [0.717, 1.165) is 24.7 Å². The topological polar surface area (TPSA) is 35.2 Å². The molecule has 2 N–H and O–H groups in total. The van der Waals surface area contributed by atoms with Crippen LogP contribution < -0.4 is 10.5 Å². The van der Waals surface area contributed by atoms with Crippen LogP contribution in [0.3, 0.4) is 0 Å². The third kappa shape index (κ3) is 4.52. The lowest BCUT2D eigenvalue weighted by atomic mass is 9.77. The van der Waals surface area contributed by atoms with Gasteiger partial charge in [0.25, 0.3) is 0 Å². The molecule has 0 bridgehead atoms. The second kappa shape index (κ2) is 7.68. The molecule has 2 rings (SSSR count). The van der Waals surface area contributed by atoms with Crippen LogP contribution in [0, 0.1) is 18.8 Å². The molecule has 0 saturated heterocycles. The van der Waals surface area contributed by atoms with Gasteiger partial charge in [0, 0.05) is 6.04 Å². The standard InChI is InChI=1S/C18H29NO/c1-3-15-7-9-16(10-8-15)18(19)11-12-20-17-6-4-5-14(2)13-17/h4-6,13,15-16,18H,3,7-12,19H2,1-2H3. The predicted molar refractivity (Wildman–Crippen MR) is 85.0 cm³/mol. The molecule has 1 aliphatic rings. The summed E-state index contributed by atoms with van der Waals surface area (Å²) in [5, 5.41) is 0. The van der Waals surface area contributed by atoms with Gasteiger partial charge in [0.05, 0.1) is 6.61 Å². The predicted octanol–water partition coefficient (Wildman–Crippen LogP) is 4.31. The molecule has 20 heavy (non-hydrogen) atoms. The van der Waals surface area contributed by atoms with Crippen molar-refractivity contribution in [3.05, 3.63) is 29.8 Å². The van der Waals surface area contributed by atoms with Crippen molar-refractivity contribution >= 4 is 0 Å². The number of hydrogen-bond donors (Lipinski definition) is 1. The summed E-state index contributed by atoms with van der Waals surface area (Å²) in [6.07, 6.45) is 7.66. The van der Waals surface area contributed by atoms with Gasteiger partial charge in [-0.1, -0.05) is 38.3 Å². The third-order valence-corrected chi connectivity index (χ3v) is 4.78. The number of benzene rings is 1. The number of rotatable bonds is 6. The average Bonchev–Trinajstić information content (AvgIpc) is 2.47. The molecule has 1 unspecified atom stereocenters. The van der Waals surface area contributed by atoms with Crippen LogP contribution in [0.15, 0.2) is 24.3 Å². The summed E-state index contributed by atoms with van der Waals surface area (Å²) < 4.78 is 5.81. The fourth-order valence-electron chi connectivity index (χ4n) is 3.28. The van der Waals surface area contributed by atoms with Gasteiger partial charge < -0.3 is 10.5 Å². The van der Waals surface area contributed by atoms with E-state index in [1.807, 2.05) is 12.1 Å². The minimum Gasteiger partial charge on any atom is -0.494 e. The minimum atomic E-state index is 0.303. The van der Waals surface area contributed by atoms with Crippen molar-refractivity contribution in [2.24, 2.45) is 17.6 Å². The van der Waals surface area contributed by atoms with E-state index in [1.54, 1.807) is 0 Å². The molecule has 112 valence electrons. The maximum absolute atomic E-state index is 6.35. The van der Waals surface area contributed by atoms with Crippen molar-refractivity contribution in [3.8, 4) is 5.75 Å². The summed E-state index contributed by atoms with van der Waals surface area (Å²) in [5.74, 6) is 2.62. The van der Waals surface area contributed by atoms with E-state index in [0.29, 0.717) is 12.0 Å². The Morgan fingerprint density at radius 2 is 2.00 bits per heavy atom. The Morgan fingerprint density at radius 3 is 2.65 bits per heavy atom. The Labute approximate surface area is 123 Å². The number of nitrogens with two attached hydrogens (primary N) is 1. The molecule has 1 fully saturated rings. The molecule has 1 atom stereocenters. The highest BCUT2D eigenvalue weighted by molar-refractivity contribution is 5.27. The van der Waals surface area contributed by atoms with E-state index in [-0.39, 0.29) is 0 Å². The zero-order valence-corrected chi connectivity index (χ0v) is 13.0. The van der Waals surface area contributed by atoms with Crippen molar-refractivity contribution in [2.45, 2.75) is 58.4 Å². The third-order valence-electron chi connectivity index (χ3n) is 4.78. The SMILES string of the molecule is CCC1CCC(C(N)CCOc2cccc(C)c2)CC1. The lowest BCUT2D eigenvalue weighted by molar-refractivity contribution is 0.211. The number of aryl methyl sites for hydroxylation is 1. The Kier molecular flexibility index (Phi) is 5.90. The molecule has 0 radical (unpaired) electrons. The lowest BCUT2D eigenvalue weighted by Gasteiger charge is -2.31. The van der Waals surface area contributed by atoms with Gasteiger partial charge in [-0.15, -0.1) is 0 Å². The maximum atomic E-state index is 6.35. The first-order chi connectivity index (χ1) is 9.69. The highest BCUT2D eigenvalue weighted by atomic mass is 16.5. The van der Waals surface area contributed by atoms with Gasteiger partial charge in [0.15, 0.2) is 0 Å². The fraction of sp³-hybridized carbons (Fsp3) is 0.667. The molecule has 0 spiro atoms. The van der Waals surface area contributed by atoms with Crippen LogP contribution in [-0.4, -0.2) is 12.6 Å². The second-order valence-corrected chi connectivity index (χ2v) is 6.31. The molecule has 0 heterocycles. The first kappa shape index (κ1) is 15.4. The van der Waals surface area contributed by atoms with Crippen molar-refractivity contribution in [1.29, 1.82) is 0 Å². The van der Waals surface area contributed by atoms with Crippen LogP contribution in [0.4, 0.5) is 0 Å². The van der Waals surface area contributed by atoms with Crippen LogP contribution in [0.1, 0.15) is 51.0 Å². The van der Waals surface area contributed by atoms with Gasteiger partial charge >= 0.3 is 0 Å². The number of ether oxygens (including phenoxy) is 1. The van der Waals surface area contributed by atoms with Gasteiger partial charge in [-0.2, -0.15) is 0 Å². The zero-order valence-electron chi connectivity index (χ0n) is 13.0. The summed E-state index contributed by atoms with van der Waals surface area (Å²) in [5.41, 5.74) is 7.59. The Hall–Kier alpha value is -1.02. The fourth-order valence-corrected chi connectivity index (χ4v) is 3.28. The van der Waals surface area contributed by atoms with Crippen LogP contribution in [-0.2, 0) is 0 Å². The van der Waals surface area contributed by atoms with E-state index < -0.39 is 0 Å². The zero-order chi connectivity index (χ0) is 14.4. The van der Waals surface area contributed by atoms with Gasteiger partial charge in [0.1, 0.15) is 5.75 Å². The molecule has 0 aromatic heterocycles. The molecule has 1 aromatic carbocycles. The van der Waals surface area contributed by atoms with Crippen molar-refractivity contribution in [3.63, 3.8) is 0 Å².